The fraction of sp³-hybridized carbons (Fsp3) is 0.0833. The van der Waals surface area contributed by atoms with Gasteiger partial charge < -0.3 is 10.6 Å². The number of hydrogen-bond donors (Lipinski definition) is 3. The Kier molecular flexibility index (Phi) is 6.42. The summed E-state index contributed by atoms with van der Waals surface area (Å²) >= 11 is 0. The highest BCUT2D eigenvalue weighted by Crippen LogP contribution is 2.24. The third-order valence-corrected chi connectivity index (χ3v) is 6.17. The number of rotatable bonds is 7. The third kappa shape index (κ3) is 5.65. The number of anilines is 5. The van der Waals surface area contributed by atoms with Crippen LogP contribution in [0.1, 0.15) is 11.4 Å². The number of nitrogens with zero attached hydrogens (tertiary/aromatic N) is 2. The van der Waals surface area contributed by atoms with E-state index in [4.69, 9.17) is 0 Å². The molecule has 0 saturated heterocycles. The highest BCUT2D eigenvalue weighted by molar-refractivity contribution is 7.92. The molecule has 0 amide bonds. The fourth-order valence-electron chi connectivity index (χ4n) is 3.15. The molecular formula is C24H21F2N5O2S. The predicted molar refractivity (Wildman–Crippen MR) is 128 cm³/mol. The summed E-state index contributed by atoms with van der Waals surface area (Å²) in [5.74, 6) is -0.303. The van der Waals surface area contributed by atoms with Crippen LogP contribution in [0.2, 0.25) is 0 Å². The quantitative estimate of drug-likeness (QED) is 0.315. The first-order valence-corrected chi connectivity index (χ1v) is 11.7. The third-order valence-electron chi connectivity index (χ3n) is 4.75. The van der Waals surface area contributed by atoms with Gasteiger partial charge >= 0.3 is 0 Å². The van der Waals surface area contributed by atoms with Crippen molar-refractivity contribution in [3.63, 3.8) is 0 Å². The van der Waals surface area contributed by atoms with E-state index in [9.17, 15) is 17.2 Å². The summed E-state index contributed by atoms with van der Waals surface area (Å²) in [7, 11) is -4.22. The lowest BCUT2D eigenvalue weighted by Gasteiger charge is -2.12. The monoisotopic (exact) mass is 481 g/mol. The Morgan fingerprint density at radius 2 is 1.24 bits per heavy atom. The molecular weight excluding hydrogens is 460 g/mol. The molecule has 4 rings (SSSR count). The topological polar surface area (TPSA) is 96.0 Å². The van der Waals surface area contributed by atoms with Gasteiger partial charge in [-0.3, -0.25) is 4.72 Å². The molecule has 0 atom stereocenters. The van der Waals surface area contributed by atoms with Crippen molar-refractivity contribution < 1.29 is 17.2 Å². The molecule has 0 fully saturated rings. The Balaban J connectivity index is 1.47. The maximum Gasteiger partial charge on any atom is 0.264 e. The lowest BCUT2D eigenvalue weighted by Crippen LogP contribution is -2.14. The first-order chi connectivity index (χ1) is 16.2. The molecule has 174 valence electrons. The summed E-state index contributed by atoms with van der Waals surface area (Å²) in [4.78, 5) is 8.14. The van der Waals surface area contributed by atoms with Crippen LogP contribution in [0.15, 0.2) is 77.7 Å². The first kappa shape index (κ1) is 23.1. The second-order valence-corrected chi connectivity index (χ2v) is 9.21. The van der Waals surface area contributed by atoms with Gasteiger partial charge in [0.1, 0.15) is 34.0 Å². The van der Waals surface area contributed by atoms with Crippen LogP contribution in [0.3, 0.4) is 0 Å². The van der Waals surface area contributed by atoms with Gasteiger partial charge in [0.2, 0.25) is 0 Å². The molecule has 0 radical (unpaired) electrons. The lowest BCUT2D eigenvalue weighted by molar-refractivity contribution is 0.551. The summed E-state index contributed by atoms with van der Waals surface area (Å²) in [6.07, 6.45) is 0. The molecule has 1 aromatic heterocycles. The smallest absolute Gasteiger partial charge is 0.264 e. The van der Waals surface area contributed by atoms with Crippen LogP contribution in [0.5, 0.6) is 0 Å². The SMILES string of the molecule is Cc1ccc(Nc2cc(Nc3ccc(NS(=O)(=O)c4ccc(F)cc4F)cc3)nc(C)n2)cc1. The molecule has 34 heavy (non-hydrogen) atoms. The summed E-state index contributed by atoms with van der Waals surface area (Å²) in [5.41, 5.74) is 2.91. The molecule has 0 aliphatic rings. The number of halogens is 2. The lowest BCUT2D eigenvalue weighted by atomic mass is 10.2. The molecule has 3 N–H and O–H groups in total. The Morgan fingerprint density at radius 1 is 0.706 bits per heavy atom. The number of sulfonamides is 1. The molecule has 0 aliphatic heterocycles. The van der Waals surface area contributed by atoms with E-state index < -0.39 is 26.6 Å². The number of hydrogen-bond acceptors (Lipinski definition) is 6. The maximum atomic E-state index is 13.9. The van der Waals surface area contributed by atoms with Crippen LogP contribution in [-0.4, -0.2) is 18.4 Å². The fourth-order valence-corrected chi connectivity index (χ4v) is 4.27. The van der Waals surface area contributed by atoms with Gasteiger partial charge in [0.15, 0.2) is 0 Å². The van der Waals surface area contributed by atoms with Crippen molar-refractivity contribution in [1.29, 1.82) is 0 Å². The molecule has 7 nitrogen and oxygen atoms in total. The van der Waals surface area contributed by atoms with Crippen LogP contribution in [0.4, 0.5) is 37.5 Å². The van der Waals surface area contributed by atoms with E-state index >= 15 is 0 Å². The van der Waals surface area contributed by atoms with Gasteiger partial charge in [0.25, 0.3) is 10.0 Å². The van der Waals surface area contributed by atoms with Crippen molar-refractivity contribution in [3.8, 4) is 0 Å². The van der Waals surface area contributed by atoms with Crippen molar-refractivity contribution in [2.45, 2.75) is 18.7 Å². The van der Waals surface area contributed by atoms with Gasteiger partial charge in [-0.2, -0.15) is 0 Å². The zero-order valence-electron chi connectivity index (χ0n) is 18.3. The molecule has 0 aliphatic carbocycles. The zero-order chi connectivity index (χ0) is 24.3. The van der Waals surface area contributed by atoms with E-state index in [0.717, 1.165) is 23.4 Å². The predicted octanol–water partition coefficient (Wildman–Crippen LogP) is 5.66. The van der Waals surface area contributed by atoms with Crippen molar-refractivity contribution in [2.75, 3.05) is 15.4 Å². The van der Waals surface area contributed by atoms with Crippen molar-refractivity contribution in [3.05, 3.63) is 95.8 Å². The van der Waals surface area contributed by atoms with E-state index in [-0.39, 0.29) is 5.69 Å². The van der Waals surface area contributed by atoms with Crippen LogP contribution in [0, 0.1) is 25.5 Å². The Labute approximate surface area is 196 Å². The van der Waals surface area contributed by atoms with E-state index in [1.54, 1.807) is 25.1 Å². The number of aryl methyl sites for hydroxylation is 2. The van der Waals surface area contributed by atoms with Gasteiger partial charge in [-0.25, -0.2) is 27.2 Å². The van der Waals surface area contributed by atoms with Crippen molar-refractivity contribution in [1.82, 2.24) is 9.97 Å². The standard InChI is InChI=1S/C24H21F2N5O2S/c1-15-3-6-18(7-4-15)29-23-14-24(28-16(2)27-23)30-19-8-10-20(11-9-19)31-34(32,33)22-12-5-17(25)13-21(22)26/h3-14,31H,1-2H3,(H2,27,28,29,30). The Morgan fingerprint density at radius 3 is 1.79 bits per heavy atom. The molecule has 0 unspecified atom stereocenters. The number of nitrogens with one attached hydrogen (secondary N) is 3. The summed E-state index contributed by atoms with van der Waals surface area (Å²) in [5, 5.41) is 6.38. The normalized spacial score (nSPS) is 11.2. The van der Waals surface area contributed by atoms with Gasteiger partial charge in [-0.1, -0.05) is 17.7 Å². The van der Waals surface area contributed by atoms with Crippen molar-refractivity contribution in [2.24, 2.45) is 0 Å². The van der Waals surface area contributed by atoms with Crippen LogP contribution in [-0.2, 0) is 10.0 Å². The average Bonchev–Trinajstić information content (AvgIpc) is 2.76. The minimum atomic E-state index is -4.22. The highest BCUT2D eigenvalue weighted by atomic mass is 32.2. The second kappa shape index (κ2) is 9.44. The van der Waals surface area contributed by atoms with Gasteiger partial charge in [0, 0.05) is 29.2 Å². The minimum absolute atomic E-state index is 0.217. The van der Waals surface area contributed by atoms with E-state index in [2.05, 4.69) is 25.3 Å². The molecule has 0 saturated carbocycles. The van der Waals surface area contributed by atoms with Crippen molar-refractivity contribution >= 4 is 38.7 Å². The molecule has 0 bridgehead atoms. The molecule has 1 heterocycles. The van der Waals surface area contributed by atoms with E-state index in [1.165, 1.54) is 12.1 Å². The zero-order valence-corrected chi connectivity index (χ0v) is 19.1. The van der Waals surface area contributed by atoms with Crippen LogP contribution in [0.25, 0.3) is 0 Å². The largest absolute Gasteiger partial charge is 0.340 e. The summed E-state index contributed by atoms with van der Waals surface area (Å²) < 4.78 is 54.1. The molecule has 3 aromatic carbocycles. The average molecular weight is 482 g/mol. The number of aromatic nitrogens is 2. The van der Waals surface area contributed by atoms with Gasteiger partial charge in [0.05, 0.1) is 0 Å². The first-order valence-electron chi connectivity index (χ1n) is 10.2. The van der Waals surface area contributed by atoms with Crippen LogP contribution >= 0.6 is 0 Å². The van der Waals surface area contributed by atoms with Crippen LogP contribution < -0.4 is 15.4 Å². The van der Waals surface area contributed by atoms with Gasteiger partial charge in [-0.15, -0.1) is 0 Å². The summed E-state index contributed by atoms with van der Waals surface area (Å²) in [6, 6.07) is 18.3. The highest BCUT2D eigenvalue weighted by Gasteiger charge is 2.19. The van der Waals surface area contributed by atoms with E-state index in [1.807, 2.05) is 31.2 Å². The molecule has 0 spiro atoms. The Hall–Kier alpha value is -4.05. The Bertz CT molecular complexity index is 1430. The number of benzene rings is 3. The van der Waals surface area contributed by atoms with Gasteiger partial charge in [-0.05, 0) is 62.4 Å². The molecule has 4 aromatic rings. The second-order valence-electron chi connectivity index (χ2n) is 7.56. The maximum absolute atomic E-state index is 13.9. The summed E-state index contributed by atoms with van der Waals surface area (Å²) in [6.45, 7) is 3.79. The molecule has 10 heteroatoms. The van der Waals surface area contributed by atoms with E-state index in [0.29, 0.717) is 29.2 Å². The minimum Gasteiger partial charge on any atom is -0.340 e.